The molecule has 2 amide bonds. The van der Waals surface area contributed by atoms with Crippen LogP contribution in [0.5, 0.6) is 11.5 Å². The second-order valence-electron chi connectivity index (χ2n) is 11.0. The lowest BCUT2D eigenvalue weighted by atomic mass is 9.60. The molecule has 204 valence electrons. The van der Waals surface area contributed by atoms with E-state index in [4.69, 9.17) is 21.1 Å². The van der Waals surface area contributed by atoms with Crippen molar-refractivity contribution >= 4 is 40.6 Å². The summed E-state index contributed by atoms with van der Waals surface area (Å²) in [4.78, 5) is 46.0. The Bertz CT molecular complexity index is 1640. The summed E-state index contributed by atoms with van der Waals surface area (Å²) in [6.45, 7) is 2.48. The molecular weight excluding hydrogens is 530 g/mol. The number of fused-ring (bicyclic) bond motifs is 7. The molecule has 4 aliphatic heterocycles. The van der Waals surface area contributed by atoms with Gasteiger partial charge in [-0.3, -0.25) is 19.3 Å². The third-order valence-corrected chi connectivity index (χ3v) is 9.56. The molecule has 0 aromatic heterocycles. The number of carbonyl (C=O) groups excluding carboxylic acids is 3. The number of anilines is 2. The highest BCUT2D eigenvalue weighted by Gasteiger charge is 2.79. The number of para-hydroxylation sites is 1. The SMILES string of the molecule is COc1ccc(C(=O)[C@H]2[C@]3(C(=O)Nc4ccccc43)[C@@H]3CCCN3[C@@]23C(=O)Nc2c(Cl)cc(C)cc23)cc1OC. The number of ketones is 1. The molecule has 9 heteroatoms. The van der Waals surface area contributed by atoms with Crippen LogP contribution in [0.15, 0.2) is 54.6 Å². The molecule has 4 heterocycles. The van der Waals surface area contributed by atoms with Gasteiger partial charge >= 0.3 is 0 Å². The van der Waals surface area contributed by atoms with Crippen molar-refractivity contribution in [2.45, 2.75) is 36.8 Å². The van der Waals surface area contributed by atoms with Crippen LogP contribution in [0.3, 0.4) is 0 Å². The van der Waals surface area contributed by atoms with Gasteiger partial charge in [0.05, 0.1) is 30.8 Å². The molecule has 3 aromatic rings. The number of rotatable bonds is 4. The van der Waals surface area contributed by atoms with Crippen LogP contribution < -0.4 is 20.1 Å². The van der Waals surface area contributed by atoms with E-state index >= 15 is 4.79 Å². The largest absolute Gasteiger partial charge is 0.493 e. The Labute approximate surface area is 236 Å². The van der Waals surface area contributed by atoms with Crippen molar-refractivity contribution in [1.29, 1.82) is 0 Å². The van der Waals surface area contributed by atoms with E-state index in [2.05, 4.69) is 15.5 Å². The summed E-state index contributed by atoms with van der Waals surface area (Å²) in [5, 5.41) is 6.49. The van der Waals surface area contributed by atoms with Crippen LogP contribution in [-0.4, -0.2) is 49.3 Å². The summed E-state index contributed by atoms with van der Waals surface area (Å²) in [6.07, 6.45) is 1.46. The summed E-state index contributed by atoms with van der Waals surface area (Å²) in [6, 6.07) is 15.8. The lowest BCUT2D eigenvalue weighted by Gasteiger charge is -2.38. The first kappa shape index (κ1) is 25.1. The van der Waals surface area contributed by atoms with Gasteiger partial charge in [-0.25, -0.2) is 0 Å². The molecule has 8 nitrogen and oxygen atoms in total. The van der Waals surface area contributed by atoms with Gasteiger partial charge < -0.3 is 20.1 Å². The minimum atomic E-state index is -1.44. The fourth-order valence-corrected chi connectivity index (χ4v) is 8.21. The first-order valence-electron chi connectivity index (χ1n) is 13.4. The predicted octanol–water partition coefficient (Wildman–Crippen LogP) is 4.68. The van der Waals surface area contributed by atoms with Crippen LogP contribution in [0.2, 0.25) is 5.02 Å². The van der Waals surface area contributed by atoms with E-state index in [1.165, 1.54) is 14.2 Å². The minimum Gasteiger partial charge on any atom is -0.493 e. The van der Waals surface area contributed by atoms with Crippen molar-refractivity contribution in [2.24, 2.45) is 5.92 Å². The molecule has 4 atom stereocenters. The summed E-state index contributed by atoms with van der Waals surface area (Å²) in [5.41, 5.74) is 1.01. The lowest BCUT2D eigenvalue weighted by Crippen LogP contribution is -2.55. The van der Waals surface area contributed by atoms with Crippen molar-refractivity contribution in [3.05, 3.63) is 81.9 Å². The third kappa shape index (κ3) is 2.87. The number of carbonyl (C=O) groups is 3. The van der Waals surface area contributed by atoms with Gasteiger partial charge in [-0.1, -0.05) is 35.9 Å². The summed E-state index contributed by atoms with van der Waals surface area (Å²) >= 11 is 6.70. The van der Waals surface area contributed by atoms with Gasteiger partial charge in [0, 0.05) is 22.9 Å². The zero-order valence-corrected chi connectivity index (χ0v) is 23.1. The van der Waals surface area contributed by atoms with Crippen molar-refractivity contribution in [2.75, 3.05) is 31.4 Å². The van der Waals surface area contributed by atoms with Crippen molar-refractivity contribution in [3.8, 4) is 11.5 Å². The number of amides is 2. The molecule has 2 N–H and O–H groups in total. The Morgan fingerprint density at radius 2 is 1.75 bits per heavy atom. The molecule has 0 aliphatic carbocycles. The van der Waals surface area contributed by atoms with Gasteiger partial charge in [-0.15, -0.1) is 0 Å². The molecule has 2 saturated heterocycles. The van der Waals surface area contributed by atoms with Gasteiger partial charge in [0.2, 0.25) is 11.8 Å². The van der Waals surface area contributed by atoms with E-state index in [1.807, 2.05) is 37.3 Å². The maximum Gasteiger partial charge on any atom is 0.250 e. The maximum atomic E-state index is 15.0. The molecule has 3 aromatic carbocycles. The third-order valence-electron chi connectivity index (χ3n) is 9.26. The van der Waals surface area contributed by atoms with Gasteiger partial charge in [-0.05, 0) is 67.8 Å². The standard InChI is InChI=1S/C31H28ClN3O5/c1-16-13-19-25(20(32)14-16)34-29(38)31(19)27(26(36)17-10-11-22(39-2)23(15-17)40-3)30(24-9-6-12-35(24)31)18-7-4-5-8-21(18)33-28(30)37/h4-5,7-8,10-11,13-15,24,27H,6,9,12H2,1-3H3,(H,33,37)(H,34,38)/t24-,27-,30+,31+/m0/s1. The Hall–Kier alpha value is -3.88. The molecule has 2 spiro atoms. The van der Waals surface area contributed by atoms with Crippen LogP contribution in [0, 0.1) is 12.8 Å². The van der Waals surface area contributed by atoms with Gasteiger partial charge in [0.15, 0.2) is 17.3 Å². The Morgan fingerprint density at radius 3 is 2.52 bits per heavy atom. The number of hydrogen-bond acceptors (Lipinski definition) is 6. The van der Waals surface area contributed by atoms with Crippen LogP contribution in [-0.2, 0) is 20.5 Å². The van der Waals surface area contributed by atoms with Crippen LogP contribution in [0.4, 0.5) is 11.4 Å². The first-order valence-corrected chi connectivity index (χ1v) is 13.7. The number of ether oxygens (including phenoxy) is 2. The maximum absolute atomic E-state index is 15.0. The van der Waals surface area contributed by atoms with E-state index in [-0.39, 0.29) is 23.6 Å². The summed E-state index contributed by atoms with van der Waals surface area (Å²) < 4.78 is 10.9. The van der Waals surface area contributed by atoms with Gasteiger partial charge in [0.25, 0.3) is 0 Å². The topological polar surface area (TPSA) is 97.0 Å². The first-order chi connectivity index (χ1) is 19.3. The summed E-state index contributed by atoms with van der Waals surface area (Å²) in [5.74, 6) is -1.13. The van der Waals surface area contributed by atoms with E-state index in [0.717, 1.165) is 17.5 Å². The van der Waals surface area contributed by atoms with Crippen molar-refractivity contribution in [3.63, 3.8) is 0 Å². The van der Waals surface area contributed by atoms with Crippen LogP contribution >= 0.6 is 11.6 Å². The average molecular weight is 558 g/mol. The Morgan fingerprint density at radius 1 is 0.975 bits per heavy atom. The zero-order chi connectivity index (χ0) is 28.0. The number of aryl methyl sites for hydroxylation is 1. The normalized spacial score (nSPS) is 27.9. The molecule has 2 fully saturated rings. The number of methoxy groups -OCH3 is 2. The zero-order valence-electron chi connectivity index (χ0n) is 22.3. The van der Waals surface area contributed by atoms with Gasteiger partial charge in [0.1, 0.15) is 11.0 Å². The quantitative estimate of drug-likeness (QED) is 0.452. The number of hydrogen-bond donors (Lipinski definition) is 2. The molecule has 0 radical (unpaired) electrons. The van der Waals surface area contributed by atoms with E-state index in [0.29, 0.717) is 52.0 Å². The second-order valence-corrected chi connectivity index (χ2v) is 11.4. The van der Waals surface area contributed by atoms with E-state index in [1.54, 1.807) is 24.3 Å². The fourth-order valence-electron chi connectivity index (χ4n) is 7.89. The fraction of sp³-hybridized carbons (Fsp3) is 0.323. The van der Waals surface area contributed by atoms with Crippen molar-refractivity contribution < 1.29 is 23.9 Å². The van der Waals surface area contributed by atoms with E-state index < -0.39 is 16.9 Å². The molecule has 40 heavy (non-hydrogen) atoms. The number of Topliss-reactive ketones (excluding diaryl/α,β-unsaturated/α-hetero) is 1. The Kier molecular flexibility index (Phi) is 5.37. The highest BCUT2D eigenvalue weighted by molar-refractivity contribution is 6.35. The Balaban J connectivity index is 1.57. The molecular formula is C31H28ClN3O5. The molecule has 4 aliphatic rings. The van der Waals surface area contributed by atoms with E-state index in [9.17, 15) is 9.59 Å². The second kappa shape index (κ2) is 8.56. The highest BCUT2D eigenvalue weighted by atomic mass is 35.5. The lowest BCUT2D eigenvalue weighted by molar-refractivity contribution is -0.128. The van der Waals surface area contributed by atoms with Gasteiger partial charge in [-0.2, -0.15) is 0 Å². The monoisotopic (exact) mass is 557 g/mol. The van der Waals surface area contributed by atoms with Crippen LogP contribution in [0.1, 0.15) is 39.9 Å². The summed E-state index contributed by atoms with van der Waals surface area (Å²) in [7, 11) is 3.04. The highest BCUT2D eigenvalue weighted by Crippen LogP contribution is 2.66. The molecule has 7 rings (SSSR count). The molecule has 0 bridgehead atoms. The number of nitrogens with one attached hydrogen (secondary N) is 2. The van der Waals surface area contributed by atoms with Crippen LogP contribution in [0.25, 0.3) is 0 Å². The predicted molar refractivity (Wildman–Crippen MR) is 150 cm³/mol. The average Bonchev–Trinajstić information content (AvgIpc) is 3.67. The number of nitrogens with zero attached hydrogens (tertiary/aromatic N) is 1. The molecule has 0 unspecified atom stereocenters. The number of benzene rings is 3. The number of halogens is 1. The molecule has 0 saturated carbocycles. The minimum absolute atomic E-state index is 0.263. The smallest absolute Gasteiger partial charge is 0.250 e. The van der Waals surface area contributed by atoms with Crippen molar-refractivity contribution in [1.82, 2.24) is 4.90 Å².